The van der Waals surface area contributed by atoms with E-state index in [1.807, 2.05) is 7.05 Å². The minimum absolute atomic E-state index is 0.138. The first-order valence-corrected chi connectivity index (χ1v) is 5.41. The second kappa shape index (κ2) is 6.38. The van der Waals surface area contributed by atoms with Crippen LogP contribution in [0.1, 0.15) is 27.2 Å². The molecule has 0 fully saturated rings. The number of hydrogen-bond acceptors (Lipinski definition) is 2. The molecule has 0 saturated carbocycles. The van der Waals surface area contributed by atoms with E-state index in [0.717, 1.165) is 6.42 Å². The predicted molar refractivity (Wildman–Crippen MR) is 60.4 cm³/mol. The summed E-state index contributed by atoms with van der Waals surface area (Å²) in [5.74, 6) is 0. The summed E-state index contributed by atoms with van der Waals surface area (Å²) in [7, 11) is 3.66. The second-order valence-corrected chi connectivity index (χ2v) is 5.15. The lowest BCUT2D eigenvalue weighted by atomic mass is 9.85. The molecule has 15 heavy (non-hydrogen) atoms. The van der Waals surface area contributed by atoms with Crippen LogP contribution in [0.3, 0.4) is 0 Å². The Labute approximate surface area is 92.0 Å². The molecule has 0 aromatic carbocycles. The minimum atomic E-state index is -2.24. The van der Waals surface area contributed by atoms with Crippen molar-refractivity contribution in [2.45, 2.75) is 39.7 Å². The van der Waals surface area contributed by atoms with Crippen LogP contribution in [-0.4, -0.2) is 44.6 Å². The summed E-state index contributed by atoms with van der Waals surface area (Å²) in [6.07, 6.45) is -1.35. The van der Waals surface area contributed by atoms with Crippen molar-refractivity contribution in [1.82, 2.24) is 10.2 Å². The van der Waals surface area contributed by atoms with Crippen LogP contribution in [0.2, 0.25) is 0 Å². The smallest absolute Gasteiger partial charge is 0.251 e. The van der Waals surface area contributed by atoms with Gasteiger partial charge in [0, 0.05) is 6.04 Å². The largest absolute Gasteiger partial charge is 0.316 e. The van der Waals surface area contributed by atoms with Crippen molar-refractivity contribution in [3.63, 3.8) is 0 Å². The second-order valence-electron chi connectivity index (χ2n) is 5.15. The highest BCUT2D eigenvalue weighted by molar-refractivity contribution is 4.79. The van der Waals surface area contributed by atoms with Gasteiger partial charge in [-0.2, -0.15) is 0 Å². The summed E-state index contributed by atoms with van der Waals surface area (Å²) < 4.78 is 24.1. The van der Waals surface area contributed by atoms with Gasteiger partial charge in [0.2, 0.25) is 0 Å². The number of alkyl halides is 2. The summed E-state index contributed by atoms with van der Waals surface area (Å²) in [4.78, 5) is 1.68. The van der Waals surface area contributed by atoms with Crippen molar-refractivity contribution in [3.05, 3.63) is 0 Å². The Bertz CT molecular complexity index is 166. The van der Waals surface area contributed by atoms with Crippen LogP contribution in [0.15, 0.2) is 0 Å². The average molecular weight is 222 g/mol. The van der Waals surface area contributed by atoms with E-state index >= 15 is 0 Å². The Hall–Kier alpha value is -0.220. The Balaban J connectivity index is 3.91. The maximum absolute atomic E-state index is 12.1. The van der Waals surface area contributed by atoms with Crippen LogP contribution in [0.4, 0.5) is 8.78 Å². The molecule has 0 aliphatic carbocycles. The first kappa shape index (κ1) is 14.8. The molecule has 0 aromatic rings. The molecule has 1 N–H and O–H groups in total. The number of hydrogen-bond donors (Lipinski definition) is 1. The third kappa shape index (κ3) is 6.79. The molecule has 2 nitrogen and oxygen atoms in total. The maximum atomic E-state index is 12.1. The lowest BCUT2D eigenvalue weighted by molar-refractivity contribution is 0.0958. The van der Waals surface area contributed by atoms with Gasteiger partial charge in [0.15, 0.2) is 0 Å². The van der Waals surface area contributed by atoms with E-state index < -0.39 is 6.43 Å². The molecule has 0 radical (unpaired) electrons. The van der Waals surface area contributed by atoms with Gasteiger partial charge in [-0.25, -0.2) is 8.78 Å². The molecule has 92 valence electrons. The summed E-state index contributed by atoms with van der Waals surface area (Å²) in [6.45, 7) is 7.03. The van der Waals surface area contributed by atoms with Crippen LogP contribution in [0.5, 0.6) is 0 Å². The fourth-order valence-corrected chi connectivity index (χ4v) is 1.69. The lowest BCUT2D eigenvalue weighted by Crippen LogP contribution is -2.41. The molecule has 0 saturated heterocycles. The predicted octanol–water partition coefficient (Wildman–Crippen LogP) is 2.21. The third-order valence-corrected chi connectivity index (χ3v) is 2.64. The highest BCUT2D eigenvalue weighted by Gasteiger charge is 2.23. The van der Waals surface area contributed by atoms with Gasteiger partial charge in [-0.15, -0.1) is 0 Å². The summed E-state index contributed by atoms with van der Waals surface area (Å²) in [6, 6.07) is 0.359. The van der Waals surface area contributed by atoms with Crippen LogP contribution in [0, 0.1) is 5.41 Å². The highest BCUT2D eigenvalue weighted by atomic mass is 19.3. The molecule has 0 bridgehead atoms. The van der Waals surface area contributed by atoms with Gasteiger partial charge in [-0.1, -0.05) is 20.8 Å². The van der Waals surface area contributed by atoms with E-state index in [0.29, 0.717) is 12.6 Å². The maximum Gasteiger partial charge on any atom is 0.251 e. The van der Waals surface area contributed by atoms with E-state index in [1.54, 1.807) is 11.9 Å². The topological polar surface area (TPSA) is 15.3 Å². The Morgan fingerprint density at radius 2 is 1.80 bits per heavy atom. The number of nitrogens with one attached hydrogen (secondary N) is 1. The molecule has 0 amide bonds. The molecule has 0 aliphatic rings. The molecule has 4 heteroatoms. The van der Waals surface area contributed by atoms with Crippen molar-refractivity contribution < 1.29 is 8.78 Å². The molecular formula is C11H24F2N2. The highest BCUT2D eigenvalue weighted by Crippen LogP contribution is 2.21. The molecule has 0 aliphatic heterocycles. The monoisotopic (exact) mass is 222 g/mol. The van der Waals surface area contributed by atoms with E-state index in [4.69, 9.17) is 0 Å². The normalized spacial score (nSPS) is 15.0. The van der Waals surface area contributed by atoms with Crippen molar-refractivity contribution in [2.75, 3.05) is 27.2 Å². The van der Waals surface area contributed by atoms with Gasteiger partial charge in [0.1, 0.15) is 0 Å². The van der Waals surface area contributed by atoms with Crippen LogP contribution >= 0.6 is 0 Å². The first-order chi connectivity index (χ1) is 6.77. The van der Waals surface area contributed by atoms with Crippen molar-refractivity contribution in [3.8, 4) is 0 Å². The van der Waals surface area contributed by atoms with Crippen molar-refractivity contribution in [2.24, 2.45) is 5.41 Å². The van der Waals surface area contributed by atoms with Gasteiger partial charge in [-0.05, 0) is 32.5 Å². The van der Waals surface area contributed by atoms with Gasteiger partial charge >= 0.3 is 0 Å². The number of nitrogens with zero attached hydrogens (tertiary/aromatic N) is 1. The van der Waals surface area contributed by atoms with Gasteiger partial charge in [-0.3, -0.25) is 0 Å². The molecular weight excluding hydrogens is 198 g/mol. The SMILES string of the molecule is CNC(CCN(C)CC(F)F)C(C)(C)C. The molecule has 0 aromatic heterocycles. The van der Waals surface area contributed by atoms with Crippen molar-refractivity contribution >= 4 is 0 Å². The zero-order chi connectivity index (χ0) is 12.1. The van der Waals surface area contributed by atoms with Crippen LogP contribution in [0.25, 0.3) is 0 Å². The molecule has 1 unspecified atom stereocenters. The van der Waals surface area contributed by atoms with Gasteiger partial charge < -0.3 is 10.2 Å². The Morgan fingerprint density at radius 1 is 1.27 bits per heavy atom. The zero-order valence-corrected chi connectivity index (χ0v) is 10.5. The quantitative estimate of drug-likeness (QED) is 0.741. The van der Waals surface area contributed by atoms with E-state index in [1.165, 1.54) is 0 Å². The molecule has 1 atom stereocenters. The molecule has 0 rings (SSSR count). The summed E-state index contributed by atoms with van der Waals surface area (Å²) in [5, 5.41) is 3.24. The Kier molecular flexibility index (Phi) is 6.29. The average Bonchev–Trinajstić information content (AvgIpc) is 2.01. The van der Waals surface area contributed by atoms with Crippen molar-refractivity contribution in [1.29, 1.82) is 0 Å². The number of halogens is 2. The fourth-order valence-electron chi connectivity index (χ4n) is 1.69. The van der Waals surface area contributed by atoms with Crippen LogP contribution in [-0.2, 0) is 0 Å². The van der Waals surface area contributed by atoms with Gasteiger partial charge in [0.05, 0.1) is 6.54 Å². The van der Waals surface area contributed by atoms with E-state index in [9.17, 15) is 8.78 Å². The lowest BCUT2D eigenvalue weighted by Gasteiger charge is -2.31. The Morgan fingerprint density at radius 3 is 2.13 bits per heavy atom. The number of rotatable bonds is 6. The standard InChI is InChI=1S/C11H24F2N2/c1-11(2,3)9(14-4)6-7-15(5)8-10(12)13/h9-10,14H,6-8H2,1-5H3. The summed E-state index contributed by atoms with van der Waals surface area (Å²) in [5.41, 5.74) is 0.167. The minimum Gasteiger partial charge on any atom is -0.316 e. The molecule has 0 heterocycles. The van der Waals surface area contributed by atoms with E-state index in [2.05, 4.69) is 26.1 Å². The summed E-state index contributed by atoms with van der Waals surface area (Å²) >= 11 is 0. The van der Waals surface area contributed by atoms with Gasteiger partial charge in [0.25, 0.3) is 6.43 Å². The third-order valence-electron chi connectivity index (χ3n) is 2.64. The molecule has 0 spiro atoms. The van der Waals surface area contributed by atoms with Crippen LogP contribution < -0.4 is 5.32 Å². The first-order valence-electron chi connectivity index (χ1n) is 5.41. The fraction of sp³-hybridized carbons (Fsp3) is 1.00. The van der Waals surface area contributed by atoms with E-state index in [-0.39, 0.29) is 12.0 Å². The zero-order valence-electron chi connectivity index (χ0n) is 10.5.